The highest BCUT2D eigenvalue weighted by molar-refractivity contribution is 8.00. The van der Waals surface area contributed by atoms with E-state index < -0.39 is 0 Å². The van der Waals surface area contributed by atoms with Crippen LogP contribution in [0.3, 0.4) is 0 Å². The van der Waals surface area contributed by atoms with E-state index in [4.69, 9.17) is 0 Å². The highest BCUT2D eigenvalue weighted by Crippen LogP contribution is 2.40. The Morgan fingerprint density at radius 2 is 2.00 bits per heavy atom. The van der Waals surface area contributed by atoms with Crippen molar-refractivity contribution in [1.82, 2.24) is 5.32 Å². The SMILES string of the molecule is CCC(NCC1(SC)CCCC1)C1CC1. The second-order valence-electron chi connectivity index (χ2n) is 5.33. The highest BCUT2D eigenvalue weighted by Gasteiger charge is 2.35. The average molecular weight is 227 g/mol. The summed E-state index contributed by atoms with van der Waals surface area (Å²) in [6.45, 7) is 3.58. The van der Waals surface area contributed by atoms with E-state index in [9.17, 15) is 0 Å². The molecule has 15 heavy (non-hydrogen) atoms. The molecule has 2 rings (SSSR count). The fraction of sp³-hybridized carbons (Fsp3) is 1.00. The molecule has 1 atom stereocenters. The molecule has 0 bridgehead atoms. The third-order valence-electron chi connectivity index (χ3n) is 4.27. The highest BCUT2D eigenvalue weighted by atomic mass is 32.2. The molecule has 2 aliphatic carbocycles. The summed E-state index contributed by atoms with van der Waals surface area (Å²) in [5.74, 6) is 1.01. The maximum atomic E-state index is 3.84. The predicted molar refractivity (Wildman–Crippen MR) is 69.5 cm³/mol. The van der Waals surface area contributed by atoms with Crippen LogP contribution in [0.2, 0.25) is 0 Å². The van der Waals surface area contributed by atoms with Gasteiger partial charge in [-0.15, -0.1) is 0 Å². The zero-order valence-electron chi connectivity index (χ0n) is 10.2. The van der Waals surface area contributed by atoms with Crippen molar-refractivity contribution < 1.29 is 0 Å². The van der Waals surface area contributed by atoms with Crippen molar-refractivity contribution in [2.75, 3.05) is 12.8 Å². The van der Waals surface area contributed by atoms with Crippen LogP contribution in [0.1, 0.15) is 51.9 Å². The maximum absolute atomic E-state index is 3.84. The number of thioether (sulfide) groups is 1. The minimum atomic E-state index is 0.586. The topological polar surface area (TPSA) is 12.0 Å². The number of hydrogen-bond donors (Lipinski definition) is 1. The van der Waals surface area contributed by atoms with Gasteiger partial charge in [0, 0.05) is 17.3 Å². The zero-order chi connectivity index (χ0) is 10.7. The first-order valence-electron chi connectivity index (χ1n) is 6.58. The fourth-order valence-electron chi connectivity index (χ4n) is 2.93. The van der Waals surface area contributed by atoms with Crippen LogP contribution in [0.25, 0.3) is 0 Å². The molecule has 1 nitrogen and oxygen atoms in total. The Bertz CT molecular complexity index is 195. The summed E-state index contributed by atoms with van der Waals surface area (Å²) in [6, 6.07) is 0.814. The minimum Gasteiger partial charge on any atom is -0.312 e. The van der Waals surface area contributed by atoms with E-state index in [2.05, 4.69) is 30.3 Å². The molecular weight excluding hydrogens is 202 g/mol. The van der Waals surface area contributed by atoms with Crippen molar-refractivity contribution in [3.05, 3.63) is 0 Å². The molecule has 88 valence electrons. The van der Waals surface area contributed by atoms with E-state index in [-0.39, 0.29) is 0 Å². The molecule has 0 heterocycles. The second kappa shape index (κ2) is 5.09. The van der Waals surface area contributed by atoms with Gasteiger partial charge in [-0.1, -0.05) is 19.8 Å². The van der Waals surface area contributed by atoms with Gasteiger partial charge < -0.3 is 5.32 Å². The van der Waals surface area contributed by atoms with Gasteiger partial charge in [0.25, 0.3) is 0 Å². The monoisotopic (exact) mass is 227 g/mol. The summed E-state index contributed by atoms with van der Waals surface area (Å²) in [5, 5.41) is 3.84. The molecule has 1 N–H and O–H groups in total. The molecule has 2 heteroatoms. The molecule has 0 aromatic heterocycles. The molecule has 0 amide bonds. The van der Waals surface area contributed by atoms with Gasteiger partial charge in [-0.2, -0.15) is 11.8 Å². The summed E-state index contributed by atoms with van der Waals surface area (Å²) in [4.78, 5) is 0. The van der Waals surface area contributed by atoms with Crippen LogP contribution >= 0.6 is 11.8 Å². The zero-order valence-corrected chi connectivity index (χ0v) is 11.0. The lowest BCUT2D eigenvalue weighted by atomic mass is 10.0. The molecule has 0 aromatic rings. The molecule has 1 unspecified atom stereocenters. The van der Waals surface area contributed by atoms with Crippen molar-refractivity contribution in [2.45, 2.75) is 62.7 Å². The minimum absolute atomic E-state index is 0.586. The van der Waals surface area contributed by atoms with Gasteiger partial charge in [0.1, 0.15) is 0 Å². The number of nitrogens with one attached hydrogen (secondary N) is 1. The summed E-state index contributed by atoms with van der Waals surface area (Å²) in [5.41, 5.74) is 0. The summed E-state index contributed by atoms with van der Waals surface area (Å²) in [6.07, 6.45) is 12.3. The van der Waals surface area contributed by atoms with Crippen LogP contribution in [0.5, 0.6) is 0 Å². The van der Waals surface area contributed by atoms with Crippen LogP contribution < -0.4 is 5.32 Å². The van der Waals surface area contributed by atoms with Crippen LogP contribution in [0, 0.1) is 5.92 Å². The van der Waals surface area contributed by atoms with E-state index in [1.54, 1.807) is 0 Å². The van der Waals surface area contributed by atoms with E-state index >= 15 is 0 Å². The van der Waals surface area contributed by atoms with Gasteiger partial charge in [0.05, 0.1) is 0 Å². The van der Waals surface area contributed by atoms with Crippen LogP contribution in [-0.2, 0) is 0 Å². The van der Waals surface area contributed by atoms with E-state index in [0.29, 0.717) is 4.75 Å². The Kier molecular flexibility index (Phi) is 4.00. The van der Waals surface area contributed by atoms with Gasteiger partial charge in [-0.3, -0.25) is 0 Å². The van der Waals surface area contributed by atoms with E-state index in [1.165, 1.54) is 51.5 Å². The van der Waals surface area contributed by atoms with Crippen molar-refractivity contribution in [1.29, 1.82) is 0 Å². The first kappa shape index (κ1) is 11.8. The van der Waals surface area contributed by atoms with Gasteiger partial charge in [-0.05, 0) is 44.3 Å². The Balaban J connectivity index is 1.79. The smallest absolute Gasteiger partial charge is 0.0281 e. The second-order valence-corrected chi connectivity index (χ2v) is 6.60. The lowest BCUT2D eigenvalue weighted by Crippen LogP contribution is -2.41. The normalized spacial score (nSPS) is 26.8. The van der Waals surface area contributed by atoms with Gasteiger partial charge >= 0.3 is 0 Å². The molecule has 0 spiro atoms. The molecule has 0 aliphatic heterocycles. The molecule has 2 fully saturated rings. The third-order valence-corrected chi connectivity index (χ3v) is 5.68. The number of hydrogen-bond acceptors (Lipinski definition) is 2. The van der Waals surface area contributed by atoms with Crippen molar-refractivity contribution in [2.24, 2.45) is 5.92 Å². The van der Waals surface area contributed by atoms with Crippen LogP contribution in [-0.4, -0.2) is 23.6 Å². The molecular formula is C13H25NS. The number of rotatable bonds is 6. The predicted octanol–water partition coefficient (Wildman–Crippen LogP) is 3.44. The van der Waals surface area contributed by atoms with Crippen molar-refractivity contribution in [3.8, 4) is 0 Å². The molecule has 0 aromatic carbocycles. The maximum Gasteiger partial charge on any atom is 0.0281 e. The summed E-state index contributed by atoms with van der Waals surface area (Å²) >= 11 is 2.10. The van der Waals surface area contributed by atoms with E-state index in [0.717, 1.165) is 12.0 Å². The first-order valence-corrected chi connectivity index (χ1v) is 7.81. The Morgan fingerprint density at radius 1 is 1.33 bits per heavy atom. The van der Waals surface area contributed by atoms with Crippen molar-refractivity contribution >= 4 is 11.8 Å². The molecule has 0 saturated heterocycles. The average Bonchev–Trinajstić information content (AvgIpc) is 2.99. The van der Waals surface area contributed by atoms with Gasteiger partial charge in [0.15, 0.2) is 0 Å². The van der Waals surface area contributed by atoms with Crippen LogP contribution in [0.4, 0.5) is 0 Å². The van der Waals surface area contributed by atoms with E-state index in [1.807, 2.05) is 0 Å². The van der Waals surface area contributed by atoms with Crippen molar-refractivity contribution in [3.63, 3.8) is 0 Å². The molecule has 2 saturated carbocycles. The third kappa shape index (κ3) is 2.91. The molecule has 2 aliphatic rings. The standard InChI is InChI=1S/C13H25NS/c1-3-12(11-6-7-11)14-10-13(15-2)8-4-5-9-13/h11-12,14H,3-10H2,1-2H3. The fourth-order valence-corrected chi connectivity index (χ4v) is 3.86. The van der Waals surface area contributed by atoms with Gasteiger partial charge in [-0.25, -0.2) is 0 Å². The Labute approximate surface area is 98.8 Å². The first-order chi connectivity index (χ1) is 7.29. The van der Waals surface area contributed by atoms with Crippen LogP contribution in [0.15, 0.2) is 0 Å². The van der Waals surface area contributed by atoms with Gasteiger partial charge in [0.2, 0.25) is 0 Å². The largest absolute Gasteiger partial charge is 0.312 e. The Morgan fingerprint density at radius 3 is 2.47 bits per heavy atom. The lowest BCUT2D eigenvalue weighted by Gasteiger charge is -2.29. The summed E-state index contributed by atoms with van der Waals surface area (Å²) in [7, 11) is 0. The Hall–Kier alpha value is 0.310. The lowest BCUT2D eigenvalue weighted by molar-refractivity contribution is 0.414. The quantitative estimate of drug-likeness (QED) is 0.746. The summed E-state index contributed by atoms with van der Waals surface area (Å²) < 4.78 is 0.586. The molecule has 0 radical (unpaired) electrons.